The number of hydrogen-bond donors (Lipinski definition) is 1. The Kier molecular flexibility index (Phi) is 4.89. The molecule has 0 unspecified atom stereocenters. The van der Waals surface area contributed by atoms with Crippen molar-refractivity contribution in [1.29, 1.82) is 0 Å². The number of aryl methyl sites for hydroxylation is 1. The second kappa shape index (κ2) is 6.95. The van der Waals surface area contributed by atoms with E-state index in [9.17, 15) is 4.79 Å². The van der Waals surface area contributed by atoms with Crippen LogP contribution in [-0.2, 0) is 4.79 Å². The second-order valence-electron chi connectivity index (χ2n) is 6.70. The highest BCUT2D eigenvalue weighted by Crippen LogP contribution is 2.28. The molecule has 0 atom stereocenters. The van der Waals surface area contributed by atoms with E-state index < -0.39 is 5.41 Å². The number of anilines is 1. The Morgan fingerprint density at radius 3 is 2.52 bits per heavy atom. The average molecular weight is 345 g/mol. The van der Waals surface area contributed by atoms with E-state index in [1.165, 1.54) is 6.33 Å². The van der Waals surface area contributed by atoms with Gasteiger partial charge < -0.3 is 15.5 Å². The predicted octanol–water partition coefficient (Wildman–Crippen LogP) is 0.846. The van der Waals surface area contributed by atoms with E-state index in [2.05, 4.69) is 20.0 Å². The number of aromatic nitrogens is 4. The normalized spacial score (nSPS) is 15.8. The summed E-state index contributed by atoms with van der Waals surface area (Å²) >= 11 is 0. The van der Waals surface area contributed by atoms with Crippen molar-refractivity contribution in [3.05, 3.63) is 18.1 Å². The third-order valence-electron chi connectivity index (χ3n) is 5.45. The predicted molar refractivity (Wildman–Crippen MR) is 96.4 cm³/mol. The molecular weight excluding hydrogens is 318 g/mol. The molecule has 8 nitrogen and oxygen atoms in total. The van der Waals surface area contributed by atoms with Gasteiger partial charge in [-0.05, 0) is 19.8 Å². The lowest BCUT2D eigenvalue weighted by Gasteiger charge is -2.40. The van der Waals surface area contributed by atoms with E-state index in [0.717, 1.165) is 37.4 Å². The van der Waals surface area contributed by atoms with Gasteiger partial charge in [0.2, 0.25) is 5.91 Å². The topological polar surface area (TPSA) is 92.7 Å². The maximum atomic E-state index is 13.0. The fraction of sp³-hybridized carbons (Fsp3) is 0.647. The first kappa shape index (κ1) is 17.6. The Bertz CT molecular complexity index is 736. The van der Waals surface area contributed by atoms with E-state index in [1.807, 2.05) is 31.7 Å². The van der Waals surface area contributed by atoms with Crippen molar-refractivity contribution in [1.82, 2.24) is 24.5 Å². The van der Waals surface area contributed by atoms with Gasteiger partial charge in [0.1, 0.15) is 12.1 Å². The third-order valence-corrected chi connectivity index (χ3v) is 5.45. The van der Waals surface area contributed by atoms with E-state index in [1.54, 1.807) is 4.52 Å². The quantitative estimate of drug-likeness (QED) is 0.863. The molecule has 1 saturated heterocycles. The maximum absolute atomic E-state index is 13.0. The minimum Gasteiger partial charge on any atom is -0.353 e. The lowest BCUT2D eigenvalue weighted by atomic mass is 9.81. The molecule has 1 aliphatic rings. The van der Waals surface area contributed by atoms with Gasteiger partial charge in [-0.25, -0.2) is 4.98 Å². The van der Waals surface area contributed by atoms with Crippen LogP contribution in [0, 0.1) is 12.3 Å². The van der Waals surface area contributed by atoms with E-state index in [-0.39, 0.29) is 5.91 Å². The molecule has 3 heterocycles. The first-order chi connectivity index (χ1) is 12.0. The van der Waals surface area contributed by atoms with Gasteiger partial charge in [0.05, 0.1) is 5.41 Å². The van der Waals surface area contributed by atoms with Gasteiger partial charge in [-0.3, -0.25) is 4.79 Å². The van der Waals surface area contributed by atoms with Gasteiger partial charge in [-0.2, -0.15) is 14.6 Å². The minimum absolute atomic E-state index is 0.191. The molecule has 2 aromatic heterocycles. The summed E-state index contributed by atoms with van der Waals surface area (Å²) in [4.78, 5) is 25.7. The number of amides is 1. The number of rotatable bonds is 5. The van der Waals surface area contributed by atoms with E-state index >= 15 is 0 Å². The molecule has 25 heavy (non-hydrogen) atoms. The van der Waals surface area contributed by atoms with Crippen molar-refractivity contribution >= 4 is 17.5 Å². The summed E-state index contributed by atoms with van der Waals surface area (Å²) in [5.74, 6) is 1.77. The van der Waals surface area contributed by atoms with Crippen LogP contribution in [0.4, 0.5) is 5.82 Å². The highest BCUT2D eigenvalue weighted by molar-refractivity contribution is 5.83. The standard InChI is InChI=1S/C17H27N7O/c1-4-17(5-2,11-18)15(25)23-8-6-22(7-9-23)14-10-13(3)21-16-19-12-20-24(14)16/h10,12H,4-9,11,18H2,1-3H3. The molecule has 0 aliphatic carbocycles. The van der Waals surface area contributed by atoms with E-state index in [0.29, 0.717) is 25.4 Å². The second-order valence-corrected chi connectivity index (χ2v) is 6.70. The van der Waals surface area contributed by atoms with Gasteiger partial charge in [0.15, 0.2) is 0 Å². The molecule has 2 N–H and O–H groups in total. The molecule has 1 amide bonds. The Balaban J connectivity index is 1.75. The molecule has 8 heteroatoms. The fourth-order valence-electron chi connectivity index (χ4n) is 3.54. The lowest BCUT2D eigenvalue weighted by Crippen LogP contribution is -2.55. The minimum atomic E-state index is -0.422. The lowest BCUT2D eigenvalue weighted by molar-refractivity contribution is -0.142. The molecule has 1 aliphatic heterocycles. The molecule has 136 valence electrons. The number of nitrogens with two attached hydrogens (primary N) is 1. The average Bonchev–Trinajstić information content (AvgIpc) is 3.11. The summed E-state index contributed by atoms with van der Waals surface area (Å²) in [6, 6.07) is 2.02. The van der Waals surface area contributed by atoms with Crippen LogP contribution >= 0.6 is 0 Å². The van der Waals surface area contributed by atoms with Crippen molar-refractivity contribution in [3.63, 3.8) is 0 Å². The van der Waals surface area contributed by atoms with Crippen LogP contribution in [0.3, 0.4) is 0 Å². The summed E-state index contributed by atoms with van der Waals surface area (Å²) < 4.78 is 1.76. The molecule has 0 bridgehead atoms. The van der Waals surface area contributed by atoms with Crippen LogP contribution in [0.25, 0.3) is 5.78 Å². The number of hydrogen-bond acceptors (Lipinski definition) is 6. The van der Waals surface area contributed by atoms with Crippen LogP contribution in [-0.4, -0.2) is 63.1 Å². The number of nitrogens with zero attached hydrogens (tertiary/aromatic N) is 6. The van der Waals surface area contributed by atoms with Crippen LogP contribution in [0.5, 0.6) is 0 Å². The summed E-state index contributed by atoms with van der Waals surface area (Å²) in [5, 5.41) is 4.27. The van der Waals surface area contributed by atoms with Crippen LogP contribution < -0.4 is 10.6 Å². The van der Waals surface area contributed by atoms with Crippen molar-refractivity contribution in [2.45, 2.75) is 33.6 Å². The Morgan fingerprint density at radius 1 is 1.24 bits per heavy atom. The van der Waals surface area contributed by atoms with Gasteiger partial charge in [-0.1, -0.05) is 13.8 Å². The van der Waals surface area contributed by atoms with Gasteiger partial charge in [0.25, 0.3) is 5.78 Å². The zero-order valence-corrected chi connectivity index (χ0v) is 15.3. The number of piperazine rings is 1. The zero-order chi connectivity index (χ0) is 18.0. The summed E-state index contributed by atoms with van der Waals surface area (Å²) in [7, 11) is 0. The molecule has 1 fully saturated rings. The van der Waals surface area contributed by atoms with Crippen LogP contribution in [0.15, 0.2) is 12.4 Å². The molecule has 3 rings (SSSR count). The van der Waals surface area contributed by atoms with Crippen molar-refractivity contribution in [2.75, 3.05) is 37.6 Å². The fourth-order valence-corrected chi connectivity index (χ4v) is 3.54. The van der Waals surface area contributed by atoms with Gasteiger partial charge in [0, 0.05) is 44.5 Å². The molecule has 0 aromatic carbocycles. The Labute approximate surface area is 148 Å². The molecule has 0 radical (unpaired) electrons. The van der Waals surface area contributed by atoms with Gasteiger partial charge >= 0.3 is 0 Å². The monoisotopic (exact) mass is 345 g/mol. The Hall–Kier alpha value is -2.22. The molecule has 2 aromatic rings. The highest BCUT2D eigenvalue weighted by Gasteiger charge is 2.38. The number of carbonyl (C=O) groups is 1. The van der Waals surface area contributed by atoms with Crippen LogP contribution in [0.2, 0.25) is 0 Å². The summed E-state index contributed by atoms with van der Waals surface area (Å²) in [6.07, 6.45) is 3.08. The smallest absolute Gasteiger partial charge is 0.254 e. The van der Waals surface area contributed by atoms with Crippen LogP contribution in [0.1, 0.15) is 32.4 Å². The molecular formula is C17H27N7O. The first-order valence-electron chi connectivity index (χ1n) is 8.96. The molecule has 0 spiro atoms. The van der Waals surface area contributed by atoms with Crippen molar-refractivity contribution in [2.24, 2.45) is 11.1 Å². The zero-order valence-electron chi connectivity index (χ0n) is 15.3. The maximum Gasteiger partial charge on any atom is 0.254 e. The van der Waals surface area contributed by atoms with Crippen molar-refractivity contribution < 1.29 is 4.79 Å². The highest BCUT2D eigenvalue weighted by atomic mass is 16.2. The summed E-state index contributed by atoms with van der Waals surface area (Å²) in [6.45, 7) is 9.36. The van der Waals surface area contributed by atoms with Crippen molar-refractivity contribution in [3.8, 4) is 0 Å². The SMILES string of the molecule is CCC(CC)(CN)C(=O)N1CCN(c2cc(C)nc3ncnn23)CC1. The number of carbonyl (C=O) groups excluding carboxylic acids is 1. The van der Waals surface area contributed by atoms with Gasteiger partial charge in [-0.15, -0.1) is 0 Å². The number of fused-ring (bicyclic) bond motifs is 1. The first-order valence-corrected chi connectivity index (χ1v) is 8.96. The Morgan fingerprint density at radius 2 is 1.92 bits per heavy atom. The molecule has 0 saturated carbocycles. The largest absolute Gasteiger partial charge is 0.353 e. The van der Waals surface area contributed by atoms with E-state index in [4.69, 9.17) is 5.73 Å². The summed E-state index contributed by atoms with van der Waals surface area (Å²) in [5.41, 5.74) is 6.43. The third kappa shape index (κ3) is 3.06.